The molecule has 0 amide bonds. The van der Waals surface area contributed by atoms with E-state index in [4.69, 9.17) is 81.6 Å². The molecular weight excluding hydrogens is 1120 g/mol. The van der Waals surface area contributed by atoms with Crippen LogP contribution in [0.4, 0.5) is 0 Å². The van der Waals surface area contributed by atoms with Crippen LogP contribution in [0.1, 0.15) is 213 Å². The predicted molar refractivity (Wildman–Crippen MR) is 343 cm³/mol. The van der Waals surface area contributed by atoms with E-state index in [2.05, 4.69) is 46.4 Å². The smallest absolute Gasteiger partial charge is 0.707 e. The fourth-order valence-electron chi connectivity index (χ4n) is 8.81. The van der Waals surface area contributed by atoms with Gasteiger partial charge in [-0.1, -0.05) is 221 Å². The van der Waals surface area contributed by atoms with Gasteiger partial charge in [0.15, 0.2) is 0 Å². The minimum absolute atomic E-state index is 0.303. The second kappa shape index (κ2) is 54.8. The van der Waals surface area contributed by atoms with Crippen LogP contribution in [0.2, 0.25) is 20.1 Å². The summed E-state index contributed by atoms with van der Waals surface area (Å²) in [5.41, 5.74) is 0. The first-order valence-corrected chi connectivity index (χ1v) is 31.9. The molecular formula is C61H101B4Cl4NO12. The quantitative estimate of drug-likeness (QED) is 0.0126. The molecule has 0 fully saturated rings. The van der Waals surface area contributed by atoms with Crippen molar-refractivity contribution in [1.29, 1.82) is 0 Å². The first-order chi connectivity index (χ1) is 39.4. The van der Waals surface area contributed by atoms with Gasteiger partial charge in [-0.15, -0.1) is 0 Å². The maximum atomic E-state index is 10.1. The number of halogens is 4. The summed E-state index contributed by atoms with van der Waals surface area (Å²) in [4.78, 5) is 0. The lowest BCUT2D eigenvalue weighted by molar-refractivity contribution is -0.910. The second-order valence-electron chi connectivity index (χ2n) is 20.9. The van der Waals surface area contributed by atoms with Gasteiger partial charge in [0.2, 0.25) is 0 Å². The van der Waals surface area contributed by atoms with Gasteiger partial charge in [0.05, 0.1) is 32.4 Å². The molecule has 21 heteroatoms. The summed E-state index contributed by atoms with van der Waals surface area (Å²) in [5, 5.41) is 70.9. The van der Waals surface area contributed by atoms with Crippen LogP contribution in [0.3, 0.4) is 0 Å². The summed E-state index contributed by atoms with van der Waals surface area (Å²) in [6.45, 7) is 11.3. The Bertz CT molecular complexity index is 1720. The van der Waals surface area contributed by atoms with E-state index in [-0.39, 0.29) is 0 Å². The van der Waals surface area contributed by atoms with Gasteiger partial charge in [-0.3, -0.25) is 0 Å². The maximum absolute atomic E-state index is 10.1. The van der Waals surface area contributed by atoms with Gasteiger partial charge < -0.3 is 63.3 Å². The first kappa shape index (κ1) is 79.1. The van der Waals surface area contributed by atoms with E-state index in [1.807, 2.05) is 0 Å². The Morgan fingerprint density at radius 2 is 0.476 bits per heavy atom. The lowest BCUT2D eigenvalue weighted by Gasteiger charge is -2.35. The molecule has 0 heterocycles. The average molecular weight is 1230 g/mol. The van der Waals surface area contributed by atoms with Crippen LogP contribution in [0, 0.1) is 0 Å². The van der Waals surface area contributed by atoms with Crippen LogP contribution in [0.5, 0.6) is 23.0 Å². The molecule has 0 aliphatic heterocycles. The van der Waals surface area contributed by atoms with Crippen molar-refractivity contribution in [1.82, 2.24) is 0 Å². The fraction of sp³-hybridized carbons (Fsp3) is 0.607. The van der Waals surface area contributed by atoms with E-state index < -0.39 is 29.3 Å². The molecule has 0 saturated carbocycles. The first-order valence-electron chi connectivity index (χ1n) is 30.4. The van der Waals surface area contributed by atoms with E-state index in [9.17, 15) is 5.02 Å². The molecule has 13 nitrogen and oxygen atoms in total. The van der Waals surface area contributed by atoms with Gasteiger partial charge in [0.25, 0.3) is 0 Å². The number of rotatable bonds is 41. The molecule has 0 unspecified atom stereocenters. The zero-order valence-corrected chi connectivity index (χ0v) is 53.0. The van der Waals surface area contributed by atoms with Crippen molar-refractivity contribution in [3.8, 4) is 23.0 Å². The molecule has 0 radical (unpaired) electrons. The Hall–Kier alpha value is -2.86. The number of nitrogens with zero attached hydrogens (tertiary/aromatic N) is 1. The molecule has 0 atom stereocenters. The van der Waals surface area contributed by atoms with Crippen molar-refractivity contribution in [3.63, 3.8) is 0 Å². The highest BCUT2D eigenvalue weighted by atomic mass is 35.5. The number of hydrogen-bond acceptors (Lipinski definition) is 12. The zero-order chi connectivity index (χ0) is 60.9. The summed E-state index contributed by atoms with van der Waals surface area (Å²) in [7, 11) is -4.77. The van der Waals surface area contributed by atoms with Crippen molar-refractivity contribution in [2.45, 2.75) is 213 Å². The molecule has 0 spiro atoms. The van der Waals surface area contributed by atoms with Crippen molar-refractivity contribution in [3.05, 3.63) is 117 Å². The Labute approximate surface area is 516 Å². The highest BCUT2D eigenvalue weighted by molar-refractivity contribution is 6.35. The topological polar surface area (TPSA) is 202 Å². The van der Waals surface area contributed by atoms with Gasteiger partial charge in [-0.05, 0) is 136 Å². The summed E-state index contributed by atoms with van der Waals surface area (Å²) in [5.74, 6) is 1.40. The molecule has 0 aliphatic carbocycles. The minimum Gasteiger partial charge on any atom is -0.820 e. The molecule has 82 heavy (non-hydrogen) atoms. The molecule has 4 aromatic rings. The third-order valence-corrected chi connectivity index (χ3v) is 14.4. The zero-order valence-electron chi connectivity index (χ0n) is 50.0. The Morgan fingerprint density at radius 3 is 0.646 bits per heavy atom. The van der Waals surface area contributed by atoms with E-state index in [0.29, 0.717) is 43.1 Å². The van der Waals surface area contributed by atoms with Crippen molar-refractivity contribution < 1.29 is 63.3 Å². The molecule has 4 aromatic carbocycles. The van der Waals surface area contributed by atoms with Gasteiger partial charge in [-0.2, -0.15) is 0 Å². The van der Waals surface area contributed by atoms with Crippen LogP contribution in [0.25, 0.3) is 0 Å². The van der Waals surface area contributed by atoms with Crippen LogP contribution >= 0.6 is 46.4 Å². The second-order valence-corrected chi connectivity index (χ2v) is 22.7. The van der Waals surface area contributed by atoms with E-state index >= 15 is 0 Å². The molecule has 4 rings (SSSR count). The summed E-state index contributed by atoms with van der Waals surface area (Å²) >= 11 is 22.3. The maximum Gasteiger partial charge on any atom is 0.707 e. The van der Waals surface area contributed by atoms with Gasteiger partial charge >= 0.3 is 29.3 Å². The van der Waals surface area contributed by atoms with Crippen LogP contribution in [0.15, 0.2) is 97.1 Å². The normalized spacial score (nSPS) is 10.6. The van der Waals surface area contributed by atoms with Crippen molar-refractivity contribution in [2.24, 2.45) is 0 Å². The third-order valence-electron chi connectivity index (χ3n) is 13.4. The van der Waals surface area contributed by atoms with Gasteiger partial charge in [0, 0.05) is 20.1 Å². The number of benzene rings is 4. The monoisotopic (exact) mass is 1220 g/mol. The standard InChI is InChI=1S/C37H78N.3C6H6BClO3.C6H5BClO3/c1-5-8-11-14-17-20-23-26-29-32-35-38(4,36-33-30-27-24-21-18-15-12-9-6-2)37-34-31-28-25-22-19-16-13-10-7-3;4*8-5-1-3-6(4-2-5)11-7(9)10/h5-37H2,1-4H3;3*1-4,9-10H;1-4,9H/q+1;;;;-1. The number of quaternary nitrogens is 1. The molecule has 0 bridgehead atoms. The summed E-state index contributed by atoms with van der Waals surface area (Å²) in [6, 6.07) is 25.0. The molecule has 7 N–H and O–H groups in total. The number of unbranched alkanes of at least 4 members (excludes halogenated alkanes) is 27. The molecule has 0 saturated heterocycles. The average Bonchev–Trinajstić information content (AvgIpc) is 3.43. The Morgan fingerprint density at radius 1 is 0.305 bits per heavy atom. The van der Waals surface area contributed by atoms with E-state index in [1.165, 1.54) is 229 Å². The molecule has 462 valence electrons. The van der Waals surface area contributed by atoms with Crippen LogP contribution in [-0.2, 0) is 0 Å². The van der Waals surface area contributed by atoms with Crippen molar-refractivity contribution in [2.75, 3.05) is 26.7 Å². The lowest BCUT2D eigenvalue weighted by atomic mass is 10.0. The fourth-order valence-corrected chi connectivity index (χ4v) is 9.32. The van der Waals surface area contributed by atoms with Crippen LogP contribution < -0.4 is 23.6 Å². The molecule has 0 aromatic heterocycles. The predicted octanol–water partition coefficient (Wildman–Crippen LogP) is 15.3. The Kier molecular flexibility index (Phi) is 52.9. The Balaban J connectivity index is 0.00000118. The summed E-state index contributed by atoms with van der Waals surface area (Å²) in [6.07, 6.45) is 43.8. The lowest BCUT2D eigenvalue weighted by Crippen LogP contribution is -2.46. The minimum atomic E-state index is -2.03. The third kappa shape index (κ3) is 52.7. The van der Waals surface area contributed by atoms with Crippen LogP contribution in [-0.4, -0.2) is 95.6 Å². The summed E-state index contributed by atoms with van der Waals surface area (Å²) < 4.78 is 19.3. The highest BCUT2D eigenvalue weighted by Crippen LogP contribution is 2.21. The highest BCUT2D eigenvalue weighted by Gasteiger charge is 2.20. The number of hydrogen-bond donors (Lipinski definition) is 7. The van der Waals surface area contributed by atoms with Gasteiger partial charge in [0.1, 0.15) is 17.2 Å². The van der Waals surface area contributed by atoms with E-state index in [0.717, 1.165) is 0 Å². The van der Waals surface area contributed by atoms with Gasteiger partial charge in [-0.25, -0.2) is 0 Å². The van der Waals surface area contributed by atoms with Crippen molar-refractivity contribution >= 4 is 75.7 Å². The SMILES string of the molecule is CCCCCCCCCCCC[N+](C)(CCCCCCCCCCCC)CCCCCCCCCCCC.OB(O)Oc1ccc(Cl)cc1.OB(O)Oc1ccc(Cl)cc1.OB(O)Oc1ccc(Cl)cc1.[O-]B(O)Oc1ccc(Cl)cc1. The van der Waals surface area contributed by atoms with E-state index in [1.54, 1.807) is 84.9 Å². The largest absolute Gasteiger partial charge is 0.820 e. The molecule has 0 aliphatic rings.